The number of fused-ring (bicyclic) bond motifs is 1. The second kappa shape index (κ2) is 6.79. The molecular weight excluding hydrogens is 397 g/mol. The molecule has 0 atom stereocenters. The minimum atomic E-state index is -3.47. The minimum Gasteiger partial charge on any atom is -0.316 e. The van der Waals surface area contributed by atoms with Gasteiger partial charge in [-0.25, -0.2) is 19.3 Å². The van der Waals surface area contributed by atoms with Gasteiger partial charge in [-0.05, 0) is 48.0 Å². The molecule has 1 N–H and O–H groups in total. The van der Waals surface area contributed by atoms with Gasteiger partial charge in [-0.3, -0.25) is 0 Å². The van der Waals surface area contributed by atoms with E-state index in [2.05, 4.69) is 20.3 Å². The Labute approximate surface area is 160 Å². The first kappa shape index (κ1) is 17.7. The van der Waals surface area contributed by atoms with Crippen molar-refractivity contribution in [3.8, 4) is 0 Å². The summed E-state index contributed by atoms with van der Waals surface area (Å²) in [4.78, 5) is 12.0. The number of aromatic nitrogens is 3. The summed E-state index contributed by atoms with van der Waals surface area (Å²) in [6.45, 7) is 0. The van der Waals surface area contributed by atoms with E-state index in [1.807, 2.05) is 24.3 Å². The molecule has 2 heterocycles. The normalized spacial score (nSPS) is 11.7. The Morgan fingerprint density at radius 3 is 2.44 bits per heavy atom. The molecule has 0 aliphatic rings. The first-order valence-corrected chi connectivity index (χ1v) is 8.93. The topological polar surface area (TPSA) is 50.7 Å². The highest BCUT2D eigenvalue weighted by atomic mass is 35.5. The van der Waals surface area contributed by atoms with Crippen LogP contribution in [0.25, 0.3) is 10.2 Å². The molecule has 4 rings (SSSR count). The van der Waals surface area contributed by atoms with Crippen molar-refractivity contribution in [1.82, 2.24) is 15.0 Å². The summed E-state index contributed by atoms with van der Waals surface area (Å²) in [5, 5.41) is 3.04. The van der Waals surface area contributed by atoms with Crippen LogP contribution in [-0.4, -0.2) is 15.0 Å². The summed E-state index contributed by atoms with van der Waals surface area (Å²) < 4.78 is 43.5. The van der Waals surface area contributed by atoms with E-state index in [4.69, 9.17) is 11.6 Å². The van der Waals surface area contributed by atoms with Gasteiger partial charge in [0, 0.05) is 11.6 Å². The van der Waals surface area contributed by atoms with Crippen molar-refractivity contribution in [2.24, 2.45) is 0 Å². The van der Waals surface area contributed by atoms with Gasteiger partial charge in [-0.1, -0.05) is 23.5 Å². The standard InChI is InChI=1S/C18H10ClF3N4S/c19-16-24-14(18(21,22)10-5-7-11(20)8-6-10)9-15(25-16)26-17-23-12-3-1-2-4-13(12)27-17/h1-9H,(H,23,24,25,26). The first-order valence-electron chi connectivity index (χ1n) is 7.73. The van der Waals surface area contributed by atoms with Crippen LogP contribution in [0.3, 0.4) is 0 Å². The molecule has 0 radical (unpaired) electrons. The van der Waals surface area contributed by atoms with E-state index in [0.717, 1.165) is 40.5 Å². The third-order valence-electron chi connectivity index (χ3n) is 3.76. The molecule has 0 aliphatic carbocycles. The van der Waals surface area contributed by atoms with Gasteiger partial charge in [0.15, 0.2) is 5.13 Å². The Morgan fingerprint density at radius 2 is 1.70 bits per heavy atom. The van der Waals surface area contributed by atoms with Gasteiger partial charge in [-0.15, -0.1) is 0 Å². The molecule has 4 nitrogen and oxygen atoms in total. The van der Waals surface area contributed by atoms with Crippen LogP contribution in [0.1, 0.15) is 11.3 Å². The molecule has 0 unspecified atom stereocenters. The summed E-state index contributed by atoms with van der Waals surface area (Å²) in [5.74, 6) is -3.98. The largest absolute Gasteiger partial charge is 0.316 e. The second-order valence-corrected chi connectivity index (χ2v) is 6.97. The number of rotatable bonds is 4. The molecule has 27 heavy (non-hydrogen) atoms. The average Bonchev–Trinajstić information content (AvgIpc) is 3.03. The van der Waals surface area contributed by atoms with Crippen molar-refractivity contribution >= 4 is 44.1 Å². The maximum absolute atomic E-state index is 14.8. The van der Waals surface area contributed by atoms with Crippen LogP contribution in [0.2, 0.25) is 5.28 Å². The third-order valence-corrected chi connectivity index (χ3v) is 4.88. The smallest absolute Gasteiger partial charge is 0.315 e. The molecule has 9 heteroatoms. The van der Waals surface area contributed by atoms with Crippen molar-refractivity contribution in [2.45, 2.75) is 5.92 Å². The molecule has 2 aromatic heterocycles. The van der Waals surface area contributed by atoms with Crippen molar-refractivity contribution in [3.05, 3.63) is 77.0 Å². The monoisotopic (exact) mass is 406 g/mol. The summed E-state index contributed by atoms with van der Waals surface area (Å²) in [6.07, 6.45) is 0. The van der Waals surface area contributed by atoms with E-state index in [1.54, 1.807) is 0 Å². The lowest BCUT2D eigenvalue weighted by molar-refractivity contribution is 0.0379. The summed E-state index contributed by atoms with van der Waals surface area (Å²) in [6, 6.07) is 12.5. The fourth-order valence-corrected chi connectivity index (χ4v) is 3.54. The Hall–Kier alpha value is -2.71. The van der Waals surface area contributed by atoms with Crippen LogP contribution in [0, 0.1) is 5.82 Å². The van der Waals surface area contributed by atoms with E-state index in [-0.39, 0.29) is 11.1 Å². The molecule has 0 aliphatic heterocycles. The Bertz CT molecular complexity index is 1080. The maximum atomic E-state index is 14.8. The fraction of sp³-hybridized carbons (Fsp3) is 0.0556. The highest BCUT2D eigenvalue weighted by molar-refractivity contribution is 7.22. The molecule has 2 aromatic carbocycles. The van der Waals surface area contributed by atoms with Crippen LogP contribution in [0.5, 0.6) is 0 Å². The first-order chi connectivity index (χ1) is 12.9. The summed E-state index contributed by atoms with van der Waals surface area (Å²) >= 11 is 7.20. The Balaban J connectivity index is 1.69. The summed E-state index contributed by atoms with van der Waals surface area (Å²) in [7, 11) is 0. The predicted molar refractivity (Wildman–Crippen MR) is 99.3 cm³/mol. The number of thiazole rings is 1. The molecule has 0 fully saturated rings. The van der Waals surface area contributed by atoms with Crippen LogP contribution in [0.4, 0.5) is 24.1 Å². The van der Waals surface area contributed by atoms with Crippen molar-refractivity contribution in [1.29, 1.82) is 0 Å². The van der Waals surface area contributed by atoms with E-state index in [1.165, 1.54) is 11.3 Å². The van der Waals surface area contributed by atoms with Gasteiger partial charge in [0.2, 0.25) is 5.28 Å². The summed E-state index contributed by atoms with van der Waals surface area (Å²) in [5.41, 5.74) is -0.218. The van der Waals surface area contributed by atoms with Crippen LogP contribution >= 0.6 is 22.9 Å². The van der Waals surface area contributed by atoms with E-state index in [9.17, 15) is 13.2 Å². The van der Waals surface area contributed by atoms with Gasteiger partial charge < -0.3 is 5.32 Å². The molecule has 0 bridgehead atoms. The predicted octanol–water partition coefficient (Wildman–Crippen LogP) is 5.76. The van der Waals surface area contributed by atoms with E-state index < -0.39 is 23.0 Å². The molecule has 0 spiro atoms. The number of para-hydroxylation sites is 1. The van der Waals surface area contributed by atoms with E-state index >= 15 is 0 Å². The molecule has 0 saturated carbocycles. The molecule has 0 amide bonds. The van der Waals surface area contributed by atoms with Crippen molar-refractivity contribution in [2.75, 3.05) is 5.32 Å². The van der Waals surface area contributed by atoms with Crippen LogP contribution in [0.15, 0.2) is 54.6 Å². The number of nitrogens with zero attached hydrogens (tertiary/aromatic N) is 3. The van der Waals surface area contributed by atoms with Gasteiger partial charge in [0.05, 0.1) is 10.2 Å². The lowest BCUT2D eigenvalue weighted by Gasteiger charge is -2.17. The number of benzene rings is 2. The van der Waals surface area contributed by atoms with Gasteiger partial charge in [0.1, 0.15) is 17.3 Å². The number of hydrogen-bond donors (Lipinski definition) is 1. The zero-order valence-electron chi connectivity index (χ0n) is 13.5. The SMILES string of the molecule is Fc1ccc(C(F)(F)c2cc(Nc3nc4ccccc4s3)nc(Cl)n2)cc1. The lowest BCUT2D eigenvalue weighted by atomic mass is 10.1. The maximum Gasteiger partial charge on any atom is 0.315 e. The molecule has 4 aromatic rings. The van der Waals surface area contributed by atoms with Gasteiger partial charge in [0.25, 0.3) is 0 Å². The van der Waals surface area contributed by atoms with Gasteiger partial charge in [-0.2, -0.15) is 8.78 Å². The lowest BCUT2D eigenvalue weighted by Crippen LogP contribution is -2.18. The number of halogens is 4. The number of anilines is 2. The highest BCUT2D eigenvalue weighted by Gasteiger charge is 2.36. The van der Waals surface area contributed by atoms with Gasteiger partial charge >= 0.3 is 5.92 Å². The van der Waals surface area contributed by atoms with Crippen molar-refractivity contribution < 1.29 is 13.2 Å². The number of nitrogens with one attached hydrogen (secondary N) is 1. The average molecular weight is 407 g/mol. The zero-order chi connectivity index (χ0) is 19.0. The number of alkyl halides is 2. The van der Waals surface area contributed by atoms with Crippen molar-refractivity contribution in [3.63, 3.8) is 0 Å². The van der Waals surface area contributed by atoms with Crippen LogP contribution < -0.4 is 5.32 Å². The molecular formula is C18H10ClF3N4S. The minimum absolute atomic E-state index is 0.0887. The highest BCUT2D eigenvalue weighted by Crippen LogP contribution is 2.36. The Morgan fingerprint density at radius 1 is 0.963 bits per heavy atom. The van der Waals surface area contributed by atoms with E-state index in [0.29, 0.717) is 5.13 Å². The van der Waals surface area contributed by atoms with Crippen LogP contribution in [-0.2, 0) is 5.92 Å². The fourth-order valence-electron chi connectivity index (χ4n) is 2.49. The third kappa shape index (κ3) is 3.58. The second-order valence-electron chi connectivity index (χ2n) is 5.60. The zero-order valence-corrected chi connectivity index (χ0v) is 15.0. The number of hydrogen-bond acceptors (Lipinski definition) is 5. The quantitative estimate of drug-likeness (QED) is 0.437. The molecule has 136 valence electrons. The molecule has 0 saturated heterocycles. The Kier molecular flexibility index (Phi) is 4.45.